The Hall–Kier alpha value is -1.75. The summed E-state index contributed by atoms with van der Waals surface area (Å²) in [5.41, 5.74) is 0.923. The summed E-state index contributed by atoms with van der Waals surface area (Å²) in [7, 11) is 0. The number of carbonyl (C=O) groups is 1. The van der Waals surface area contributed by atoms with Crippen molar-refractivity contribution in [2.75, 3.05) is 32.9 Å². The number of hydrogen-bond acceptors (Lipinski definition) is 4. The molecule has 0 aliphatic carbocycles. The van der Waals surface area contributed by atoms with Crippen LogP contribution in [0, 0.1) is 0 Å². The number of hydrogen-bond donors (Lipinski definition) is 0. The maximum Gasteiger partial charge on any atom is 0.260 e. The first kappa shape index (κ1) is 14.2. The molecule has 1 aromatic carbocycles. The van der Waals surface area contributed by atoms with Gasteiger partial charge in [0.2, 0.25) is 0 Å². The summed E-state index contributed by atoms with van der Waals surface area (Å²) in [4.78, 5) is 13.9. The molecule has 5 nitrogen and oxygen atoms in total. The van der Waals surface area contributed by atoms with Crippen LogP contribution in [-0.2, 0) is 16.0 Å². The van der Waals surface area contributed by atoms with Gasteiger partial charge in [0, 0.05) is 25.1 Å². The number of nitrogens with zero attached hydrogens (tertiary/aromatic N) is 1. The van der Waals surface area contributed by atoms with Crippen LogP contribution in [0.4, 0.5) is 0 Å². The fourth-order valence-corrected chi connectivity index (χ4v) is 2.74. The molecule has 0 aromatic heterocycles. The van der Waals surface area contributed by atoms with Crippen LogP contribution in [0.3, 0.4) is 0 Å². The van der Waals surface area contributed by atoms with E-state index in [1.807, 2.05) is 18.2 Å². The molecule has 1 saturated heterocycles. The van der Waals surface area contributed by atoms with Crippen LogP contribution in [0.1, 0.15) is 19.4 Å². The Bertz CT molecular complexity index is 535. The van der Waals surface area contributed by atoms with Crippen molar-refractivity contribution in [1.29, 1.82) is 0 Å². The fraction of sp³-hybridized carbons (Fsp3) is 0.562. The van der Waals surface area contributed by atoms with E-state index in [9.17, 15) is 4.79 Å². The second-order valence-corrected chi connectivity index (χ2v) is 6.06. The number of morpholine rings is 1. The maximum atomic E-state index is 12.1. The first-order valence-electron chi connectivity index (χ1n) is 7.34. The molecule has 5 heteroatoms. The van der Waals surface area contributed by atoms with Crippen molar-refractivity contribution in [2.45, 2.75) is 25.9 Å². The zero-order chi connectivity index (χ0) is 14.9. The van der Waals surface area contributed by atoms with E-state index < -0.39 is 0 Å². The summed E-state index contributed by atoms with van der Waals surface area (Å²) >= 11 is 0. The number of amides is 1. The predicted molar refractivity (Wildman–Crippen MR) is 77.7 cm³/mol. The van der Waals surface area contributed by atoms with Gasteiger partial charge in [-0.1, -0.05) is 12.1 Å². The van der Waals surface area contributed by atoms with Crippen LogP contribution in [0.25, 0.3) is 0 Å². The fourth-order valence-electron chi connectivity index (χ4n) is 2.74. The van der Waals surface area contributed by atoms with Crippen LogP contribution in [0.15, 0.2) is 18.2 Å². The smallest absolute Gasteiger partial charge is 0.260 e. The predicted octanol–water partition coefficient (Wildman–Crippen LogP) is 1.64. The van der Waals surface area contributed by atoms with E-state index in [1.54, 1.807) is 4.90 Å². The van der Waals surface area contributed by atoms with Crippen molar-refractivity contribution in [3.05, 3.63) is 23.8 Å². The number of benzene rings is 1. The standard InChI is InChI=1S/C16H21NO4/c1-16(2)10-12-4-3-5-13(15(12)21-16)20-11-14(18)17-6-8-19-9-7-17/h3-5H,6-11H2,1-2H3. The van der Waals surface area contributed by atoms with Gasteiger partial charge in [-0.3, -0.25) is 4.79 Å². The molecule has 0 radical (unpaired) electrons. The number of rotatable bonds is 3. The topological polar surface area (TPSA) is 48.0 Å². The molecule has 1 aromatic rings. The lowest BCUT2D eigenvalue weighted by molar-refractivity contribution is -0.137. The third-order valence-corrected chi connectivity index (χ3v) is 3.77. The number of ether oxygens (including phenoxy) is 3. The van der Waals surface area contributed by atoms with Crippen LogP contribution in [0.5, 0.6) is 11.5 Å². The second kappa shape index (κ2) is 5.56. The molecule has 0 unspecified atom stereocenters. The van der Waals surface area contributed by atoms with Gasteiger partial charge in [0.1, 0.15) is 5.60 Å². The van der Waals surface area contributed by atoms with Gasteiger partial charge in [-0.15, -0.1) is 0 Å². The summed E-state index contributed by atoms with van der Waals surface area (Å²) < 4.78 is 16.9. The average Bonchev–Trinajstić information content (AvgIpc) is 2.80. The van der Waals surface area contributed by atoms with Gasteiger partial charge in [0.25, 0.3) is 5.91 Å². The molecular formula is C16H21NO4. The summed E-state index contributed by atoms with van der Waals surface area (Å²) in [6.07, 6.45) is 0.858. The van der Waals surface area contributed by atoms with Crippen molar-refractivity contribution in [2.24, 2.45) is 0 Å². The molecule has 1 amide bonds. The second-order valence-electron chi connectivity index (χ2n) is 6.06. The van der Waals surface area contributed by atoms with Crippen LogP contribution in [0.2, 0.25) is 0 Å². The molecule has 0 spiro atoms. The van der Waals surface area contributed by atoms with Crippen molar-refractivity contribution >= 4 is 5.91 Å². The molecule has 2 aliphatic heterocycles. The molecule has 0 atom stereocenters. The van der Waals surface area contributed by atoms with E-state index in [1.165, 1.54) is 0 Å². The molecule has 3 rings (SSSR count). The molecule has 0 bridgehead atoms. The molecule has 2 heterocycles. The molecular weight excluding hydrogens is 270 g/mol. The monoisotopic (exact) mass is 291 g/mol. The highest BCUT2D eigenvalue weighted by atomic mass is 16.5. The van der Waals surface area contributed by atoms with Crippen LogP contribution >= 0.6 is 0 Å². The van der Waals surface area contributed by atoms with Gasteiger partial charge in [0.15, 0.2) is 18.1 Å². The Kier molecular flexibility index (Phi) is 3.76. The maximum absolute atomic E-state index is 12.1. The van der Waals surface area contributed by atoms with Crippen molar-refractivity contribution in [3.8, 4) is 11.5 Å². The van der Waals surface area contributed by atoms with E-state index in [4.69, 9.17) is 14.2 Å². The van der Waals surface area contributed by atoms with Crippen molar-refractivity contribution in [1.82, 2.24) is 4.90 Å². The number of fused-ring (bicyclic) bond motifs is 1. The van der Waals surface area contributed by atoms with Crippen LogP contribution < -0.4 is 9.47 Å². The summed E-state index contributed by atoms with van der Waals surface area (Å²) in [6.45, 7) is 6.62. The minimum absolute atomic E-state index is 0.00633. The Morgan fingerprint density at radius 1 is 1.33 bits per heavy atom. The van der Waals surface area contributed by atoms with Crippen molar-refractivity contribution in [3.63, 3.8) is 0 Å². The molecule has 21 heavy (non-hydrogen) atoms. The summed E-state index contributed by atoms with van der Waals surface area (Å²) in [6, 6.07) is 5.84. The Morgan fingerprint density at radius 2 is 2.10 bits per heavy atom. The molecule has 1 fully saturated rings. The first-order chi connectivity index (χ1) is 10.1. The molecule has 2 aliphatic rings. The minimum Gasteiger partial charge on any atom is -0.483 e. The largest absolute Gasteiger partial charge is 0.483 e. The highest BCUT2D eigenvalue weighted by molar-refractivity contribution is 5.78. The number of carbonyl (C=O) groups excluding carboxylic acids is 1. The van der Waals surface area contributed by atoms with E-state index in [-0.39, 0.29) is 18.1 Å². The zero-order valence-electron chi connectivity index (χ0n) is 12.6. The lowest BCUT2D eigenvalue weighted by Gasteiger charge is -2.26. The quantitative estimate of drug-likeness (QED) is 0.849. The van der Waals surface area contributed by atoms with E-state index in [0.717, 1.165) is 17.7 Å². The highest BCUT2D eigenvalue weighted by Gasteiger charge is 2.32. The SMILES string of the molecule is CC1(C)Cc2cccc(OCC(=O)N3CCOCC3)c2O1. The van der Waals surface area contributed by atoms with Gasteiger partial charge < -0.3 is 19.1 Å². The van der Waals surface area contributed by atoms with E-state index in [0.29, 0.717) is 32.1 Å². The van der Waals surface area contributed by atoms with Crippen molar-refractivity contribution < 1.29 is 19.0 Å². The van der Waals surface area contributed by atoms with Gasteiger partial charge in [-0.25, -0.2) is 0 Å². The normalized spacial score (nSPS) is 19.8. The van der Waals surface area contributed by atoms with E-state index in [2.05, 4.69) is 13.8 Å². The van der Waals surface area contributed by atoms with Gasteiger partial charge in [-0.2, -0.15) is 0 Å². The molecule has 0 saturated carbocycles. The van der Waals surface area contributed by atoms with E-state index >= 15 is 0 Å². The molecule has 0 N–H and O–H groups in total. The summed E-state index contributed by atoms with van der Waals surface area (Å²) in [5, 5.41) is 0. The zero-order valence-corrected chi connectivity index (χ0v) is 12.6. The highest BCUT2D eigenvalue weighted by Crippen LogP contribution is 2.41. The van der Waals surface area contributed by atoms with Gasteiger partial charge >= 0.3 is 0 Å². The molecule has 114 valence electrons. The third-order valence-electron chi connectivity index (χ3n) is 3.77. The van der Waals surface area contributed by atoms with Gasteiger partial charge in [-0.05, 0) is 19.9 Å². The third kappa shape index (κ3) is 3.13. The minimum atomic E-state index is -0.212. The van der Waals surface area contributed by atoms with Crippen LogP contribution in [-0.4, -0.2) is 49.3 Å². The average molecular weight is 291 g/mol. The summed E-state index contributed by atoms with van der Waals surface area (Å²) in [5.74, 6) is 1.42. The van der Waals surface area contributed by atoms with Gasteiger partial charge in [0.05, 0.1) is 13.2 Å². The lowest BCUT2D eigenvalue weighted by atomic mass is 10.0. The lowest BCUT2D eigenvalue weighted by Crippen LogP contribution is -2.43. The number of para-hydroxylation sites is 1. The first-order valence-corrected chi connectivity index (χ1v) is 7.34. The Balaban J connectivity index is 1.64. The Morgan fingerprint density at radius 3 is 2.86 bits per heavy atom. The Labute approximate surface area is 124 Å².